The Morgan fingerprint density at radius 1 is 1.26 bits per heavy atom. The lowest BCUT2D eigenvalue weighted by atomic mass is 10.0. The first-order valence-corrected chi connectivity index (χ1v) is 7.62. The van der Waals surface area contributed by atoms with E-state index in [1.54, 1.807) is 33.3 Å². The second kappa shape index (κ2) is 8.29. The fourth-order valence-electron chi connectivity index (χ4n) is 2.85. The van der Waals surface area contributed by atoms with Crippen molar-refractivity contribution in [1.29, 1.82) is 0 Å². The van der Waals surface area contributed by atoms with E-state index in [1.165, 1.54) is 0 Å². The van der Waals surface area contributed by atoms with Crippen molar-refractivity contribution >= 4 is 5.91 Å². The van der Waals surface area contributed by atoms with E-state index < -0.39 is 0 Å². The SMILES string of the molecule is COc1cccc(CC(=O)N(C)[C@@H]2COC[C@@H](OC)[C@H]2OC)c1. The number of benzene rings is 1. The number of hydrogen-bond donors (Lipinski definition) is 0. The standard InChI is InChI=1S/C17H25NO5/c1-18(14-10-23-11-15(21-3)17(14)22-4)16(19)9-12-6-5-7-13(8-12)20-2/h5-8,14-15,17H,9-11H2,1-4H3/t14-,15-,17+/m1/s1. The van der Waals surface area contributed by atoms with E-state index in [9.17, 15) is 4.79 Å². The zero-order chi connectivity index (χ0) is 16.8. The second-order valence-corrected chi connectivity index (χ2v) is 5.61. The van der Waals surface area contributed by atoms with E-state index in [2.05, 4.69) is 0 Å². The Morgan fingerprint density at radius 2 is 2.04 bits per heavy atom. The van der Waals surface area contributed by atoms with Crippen LogP contribution in [0.15, 0.2) is 24.3 Å². The van der Waals surface area contributed by atoms with Crippen LogP contribution in [-0.2, 0) is 25.4 Å². The summed E-state index contributed by atoms with van der Waals surface area (Å²) in [5.41, 5.74) is 0.912. The van der Waals surface area contributed by atoms with Gasteiger partial charge in [0.1, 0.15) is 18.0 Å². The highest BCUT2D eigenvalue weighted by atomic mass is 16.6. The molecule has 6 nitrogen and oxygen atoms in total. The van der Waals surface area contributed by atoms with Crippen LogP contribution in [0.2, 0.25) is 0 Å². The molecule has 1 aliphatic heterocycles. The number of likely N-dealkylation sites (N-methyl/N-ethyl adjacent to an activating group) is 1. The van der Waals surface area contributed by atoms with Crippen LogP contribution in [0.4, 0.5) is 0 Å². The van der Waals surface area contributed by atoms with Gasteiger partial charge in [0.25, 0.3) is 0 Å². The number of nitrogens with zero attached hydrogens (tertiary/aromatic N) is 1. The van der Waals surface area contributed by atoms with E-state index in [1.807, 2.05) is 24.3 Å². The highest BCUT2D eigenvalue weighted by Crippen LogP contribution is 2.20. The van der Waals surface area contributed by atoms with Gasteiger partial charge in [0.15, 0.2) is 0 Å². The Morgan fingerprint density at radius 3 is 2.70 bits per heavy atom. The molecule has 0 N–H and O–H groups in total. The fourth-order valence-corrected chi connectivity index (χ4v) is 2.85. The average Bonchev–Trinajstić information content (AvgIpc) is 2.60. The Bertz CT molecular complexity index is 521. The number of ether oxygens (including phenoxy) is 4. The lowest BCUT2D eigenvalue weighted by Gasteiger charge is -2.40. The summed E-state index contributed by atoms with van der Waals surface area (Å²) >= 11 is 0. The second-order valence-electron chi connectivity index (χ2n) is 5.61. The van der Waals surface area contributed by atoms with E-state index >= 15 is 0 Å². The van der Waals surface area contributed by atoms with Gasteiger partial charge >= 0.3 is 0 Å². The minimum Gasteiger partial charge on any atom is -0.497 e. The zero-order valence-corrected chi connectivity index (χ0v) is 14.2. The third-order valence-corrected chi connectivity index (χ3v) is 4.27. The molecule has 6 heteroatoms. The van der Waals surface area contributed by atoms with Gasteiger partial charge in [0.05, 0.1) is 32.8 Å². The average molecular weight is 323 g/mol. The summed E-state index contributed by atoms with van der Waals surface area (Å²) in [6.45, 7) is 0.919. The van der Waals surface area contributed by atoms with Crippen LogP contribution in [0.5, 0.6) is 5.75 Å². The summed E-state index contributed by atoms with van der Waals surface area (Å²) < 4.78 is 21.7. The molecule has 1 aromatic carbocycles. The maximum atomic E-state index is 12.6. The molecule has 1 saturated heterocycles. The molecule has 1 fully saturated rings. The zero-order valence-electron chi connectivity index (χ0n) is 14.2. The first-order chi connectivity index (χ1) is 11.1. The van der Waals surface area contributed by atoms with Gasteiger partial charge in [-0.15, -0.1) is 0 Å². The number of carbonyl (C=O) groups excluding carboxylic acids is 1. The Hall–Kier alpha value is -1.63. The van der Waals surface area contributed by atoms with Gasteiger partial charge in [0.2, 0.25) is 5.91 Å². The Labute approximate surface area is 137 Å². The summed E-state index contributed by atoms with van der Waals surface area (Å²) in [5.74, 6) is 0.749. The van der Waals surface area contributed by atoms with Gasteiger partial charge in [0, 0.05) is 21.3 Å². The van der Waals surface area contributed by atoms with Gasteiger partial charge in [-0.25, -0.2) is 0 Å². The van der Waals surface area contributed by atoms with Crippen molar-refractivity contribution in [3.63, 3.8) is 0 Å². The Balaban J connectivity index is 2.05. The number of methoxy groups -OCH3 is 3. The normalized spacial score (nSPS) is 24.3. The summed E-state index contributed by atoms with van der Waals surface area (Å²) in [7, 11) is 6.65. The number of hydrogen-bond acceptors (Lipinski definition) is 5. The van der Waals surface area contributed by atoms with Crippen LogP contribution in [0, 0.1) is 0 Å². The van der Waals surface area contributed by atoms with E-state index in [4.69, 9.17) is 18.9 Å². The largest absolute Gasteiger partial charge is 0.497 e. The number of carbonyl (C=O) groups is 1. The topological polar surface area (TPSA) is 57.2 Å². The molecule has 3 atom stereocenters. The van der Waals surface area contributed by atoms with Crippen LogP contribution < -0.4 is 4.74 Å². The maximum absolute atomic E-state index is 12.6. The van der Waals surface area contributed by atoms with Gasteiger partial charge in [-0.3, -0.25) is 4.79 Å². The number of rotatable bonds is 6. The molecule has 0 unspecified atom stereocenters. The molecule has 0 aliphatic carbocycles. The first-order valence-electron chi connectivity index (χ1n) is 7.62. The molecular formula is C17H25NO5. The predicted octanol–water partition coefficient (Wildman–Crippen LogP) is 1.12. The molecule has 0 radical (unpaired) electrons. The molecule has 1 heterocycles. The summed E-state index contributed by atoms with van der Waals surface area (Å²) in [5, 5.41) is 0. The molecule has 1 aliphatic rings. The molecular weight excluding hydrogens is 298 g/mol. The molecule has 0 saturated carbocycles. The van der Waals surface area contributed by atoms with E-state index in [0.717, 1.165) is 11.3 Å². The van der Waals surface area contributed by atoms with Gasteiger partial charge in [-0.1, -0.05) is 12.1 Å². The highest BCUT2D eigenvalue weighted by molar-refractivity contribution is 5.79. The maximum Gasteiger partial charge on any atom is 0.227 e. The van der Waals surface area contributed by atoms with Crippen molar-refractivity contribution in [3.05, 3.63) is 29.8 Å². The smallest absolute Gasteiger partial charge is 0.227 e. The lowest BCUT2D eigenvalue weighted by Crippen LogP contribution is -2.57. The van der Waals surface area contributed by atoms with Crippen LogP contribution in [0.25, 0.3) is 0 Å². The third kappa shape index (κ3) is 4.22. The summed E-state index contributed by atoms with van der Waals surface area (Å²) in [4.78, 5) is 14.3. The molecule has 2 rings (SSSR count). The van der Waals surface area contributed by atoms with Gasteiger partial charge in [-0.05, 0) is 17.7 Å². The van der Waals surface area contributed by atoms with Crippen molar-refractivity contribution in [3.8, 4) is 5.75 Å². The molecule has 1 amide bonds. The molecule has 23 heavy (non-hydrogen) atoms. The van der Waals surface area contributed by atoms with Crippen molar-refractivity contribution in [2.24, 2.45) is 0 Å². The molecule has 0 aromatic heterocycles. The number of amides is 1. The van der Waals surface area contributed by atoms with Crippen LogP contribution in [0.1, 0.15) is 5.56 Å². The van der Waals surface area contributed by atoms with Crippen molar-refractivity contribution in [1.82, 2.24) is 4.90 Å². The van der Waals surface area contributed by atoms with Gasteiger partial charge in [-0.2, -0.15) is 0 Å². The van der Waals surface area contributed by atoms with Crippen molar-refractivity contribution in [2.75, 3.05) is 41.6 Å². The van der Waals surface area contributed by atoms with E-state index in [0.29, 0.717) is 19.6 Å². The van der Waals surface area contributed by atoms with Crippen molar-refractivity contribution in [2.45, 2.75) is 24.7 Å². The molecule has 128 valence electrons. The first kappa shape index (κ1) is 17.7. The lowest BCUT2D eigenvalue weighted by molar-refractivity contribution is -0.164. The quantitative estimate of drug-likeness (QED) is 0.785. The van der Waals surface area contributed by atoms with E-state index in [-0.39, 0.29) is 24.2 Å². The van der Waals surface area contributed by atoms with Crippen LogP contribution in [0.3, 0.4) is 0 Å². The van der Waals surface area contributed by atoms with Crippen molar-refractivity contribution < 1.29 is 23.7 Å². The fraction of sp³-hybridized carbons (Fsp3) is 0.588. The molecule has 1 aromatic rings. The third-order valence-electron chi connectivity index (χ3n) is 4.27. The molecule has 0 bridgehead atoms. The summed E-state index contributed by atoms with van der Waals surface area (Å²) in [6.07, 6.45) is -0.0722. The van der Waals surface area contributed by atoms with Crippen LogP contribution >= 0.6 is 0 Å². The molecule has 0 spiro atoms. The predicted molar refractivity (Wildman–Crippen MR) is 85.7 cm³/mol. The monoisotopic (exact) mass is 323 g/mol. The highest BCUT2D eigenvalue weighted by Gasteiger charge is 2.38. The van der Waals surface area contributed by atoms with Crippen LogP contribution in [-0.4, -0.2) is 70.6 Å². The van der Waals surface area contributed by atoms with Gasteiger partial charge < -0.3 is 23.8 Å². The minimum atomic E-state index is -0.201. The minimum absolute atomic E-state index is 0.00524. The Kier molecular flexibility index (Phi) is 6.38. The summed E-state index contributed by atoms with van der Waals surface area (Å²) in [6, 6.07) is 7.35.